The quantitative estimate of drug-likeness (QED) is 0.167. The van der Waals surface area contributed by atoms with Gasteiger partial charge in [-0.3, -0.25) is 0 Å². The summed E-state index contributed by atoms with van der Waals surface area (Å²) in [6.07, 6.45) is 0. The lowest BCUT2D eigenvalue weighted by Gasteiger charge is -2.39. The normalized spacial score (nSPS) is 15.3. The molecule has 2 nitrogen and oxygen atoms in total. The van der Waals surface area contributed by atoms with Gasteiger partial charge in [0.25, 0.3) is 0 Å². The minimum absolute atomic E-state index is 0.464. The maximum Gasteiger partial charge on any atom is 0.0754 e. The van der Waals surface area contributed by atoms with E-state index >= 15 is 0 Å². The van der Waals surface area contributed by atoms with Crippen LogP contribution in [0.5, 0.6) is 0 Å². The van der Waals surface area contributed by atoms with Gasteiger partial charge in [0.15, 0.2) is 0 Å². The van der Waals surface area contributed by atoms with E-state index in [4.69, 9.17) is 0 Å². The number of hydrogen-bond donors (Lipinski definition) is 0. The monoisotopic (exact) mass is 962 g/mol. The standard InChI is InChI=1S/C74H46N2/c1-2-18-47(19-3-1)48-36-39-51(40-37-48)75(53-41-43-59-57-25-6-11-30-64(57)73(69(59)46-53)62-28-9-4-22-54(62)55-23-5-10-29-63(55)73)52-21-16-20-49(44-52)50-38-42-58-56-24-7-12-31-65(56)74(68(58)45-50)66-32-13-15-35-71(66)76-70-34-14-8-26-60(70)61-27-17-33-67(74)72(61)76/h1-46H. The molecule has 1 unspecified atom stereocenters. The van der Waals surface area contributed by atoms with Gasteiger partial charge in [0.1, 0.15) is 0 Å². The summed E-state index contributed by atoms with van der Waals surface area (Å²) in [6, 6.07) is 105. The van der Waals surface area contributed by atoms with E-state index in [9.17, 15) is 0 Å². The predicted molar refractivity (Wildman–Crippen MR) is 313 cm³/mol. The Balaban J connectivity index is 0.875. The molecule has 0 N–H and O–H groups in total. The predicted octanol–water partition coefficient (Wildman–Crippen LogP) is 18.6. The van der Waals surface area contributed by atoms with Crippen LogP contribution in [0.3, 0.4) is 0 Å². The van der Waals surface area contributed by atoms with E-state index in [-0.39, 0.29) is 0 Å². The molecule has 1 aliphatic heterocycles. The Morgan fingerprint density at radius 2 is 0.684 bits per heavy atom. The zero-order valence-electron chi connectivity index (χ0n) is 41.5. The van der Waals surface area contributed by atoms with E-state index in [0.717, 1.165) is 22.6 Å². The average molecular weight is 963 g/mol. The molecule has 0 amide bonds. The van der Waals surface area contributed by atoms with Crippen molar-refractivity contribution in [3.63, 3.8) is 0 Å². The molecule has 0 bridgehead atoms. The van der Waals surface area contributed by atoms with Gasteiger partial charge in [-0.15, -0.1) is 0 Å². The second kappa shape index (κ2) is 15.4. The van der Waals surface area contributed by atoms with Crippen LogP contribution in [0.15, 0.2) is 279 Å². The maximum atomic E-state index is 2.53. The number of rotatable bonds is 5. The second-order valence-corrected chi connectivity index (χ2v) is 21.0. The topological polar surface area (TPSA) is 8.17 Å². The van der Waals surface area contributed by atoms with E-state index in [0.29, 0.717) is 0 Å². The molecule has 2 spiro atoms. The van der Waals surface area contributed by atoms with Gasteiger partial charge in [-0.2, -0.15) is 0 Å². The minimum atomic E-state index is -0.540. The van der Waals surface area contributed by atoms with Crippen molar-refractivity contribution < 1.29 is 0 Å². The number of hydrogen-bond acceptors (Lipinski definition) is 1. The SMILES string of the molecule is c1ccc(-c2ccc(N(c3cccc(-c4ccc5c(c4)C4(c6ccccc6-5)c5ccccc5-n5c6ccccc6c6cccc4c65)c3)c3ccc4c(c3)C3(c5ccccc5-c5ccccc53)c3ccccc3-4)cc2)cc1. The number of aromatic nitrogens is 1. The fraction of sp³-hybridized carbons (Fsp3) is 0.0270. The van der Waals surface area contributed by atoms with Gasteiger partial charge in [0.05, 0.1) is 27.6 Å². The molecule has 4 aliphatic rings. The highest BCUT2D eigenvalue weighted by molar-refractivity contribution is 6.13. The van der Waals surface area contributed by atoms with E-state index in [1.807, 2.05) is 0 Å². The number of anilines is 3. The average Bonchev–Trinajstić information content (AvgIpc) is 4.37. The van der Waals surface area contributed by atoms with Crippen molar-refractivity contribution in [3.05, 3.63) is 324 Å². The van der Waals surface area contributed by atoms with Crippen molar-refractivity contribution in [3.8, 4) is 61.3 Å². The van der Waals surface area contributed by atoms with Crippen LogP contribution in [0, 0.1) is 0 Å². The van der Waals surface area contributed by atoms with Gasteiger partial charge in [-0.1, -0.05) is 224 Å². The Hall–Kier alpha value is -9.76. The number of benzene rings is 12. The second-order valence-electron chi connectivity index (χ2n) is 21.0. The van der Waals surface area contributed by atoms with Crippen molar-refractivity contribution >= 4 is 38.9 Å². The highest BCUT2D eigenvalue weighted by atomic mass is 15.1. The molecule has 12 aromatic carbocycles. The van der Waals surface area contributed by atoms with E-state index in [1.54, 1.807) is 0 Å². The van der Waals surface area contributed by atoms with E-state index in [1.165, 1.54) is 122 Å². The molecule has 0 saturated carbocycles. The molecule has 2 heteroatoms. The highest BCUT2D eigenvalue weighted by Gasteiger charge is 2.53. The van der Waals surface area contributed by atoms with Gasteiger partial charge in [-0.25, -0.2) is 0 Å². The summed E-state index contributed by atoms with van der Waals surface area (Å²) in [6.45, 7) is 0. The van der Waals surface area contributed by atoms with E-state index in [2.05, 4.69) is 289 Å². The summed E-state index contributed by atoms with van der Waals surface area (Å²) in [5.41, 5.74) is 29.2. The van der Waals surface area contributed by atoms with Crippen LogP contribution in [0.1, 0.15) is 44.5 Å². The Morgan fingerprint density at radius 1 is 0.250 bits per heavy atom. The molecule has 0 saturated heterocycles. The number of nitrogens with zero attached hydrogens (tertiary/aromatic N) is 2. The Morgan fingerprint density at radius 3 is 1.37 bits per heavy atom. The third kappa shape index (κ3) is 5.30. The van der Waals surface area contributed by atoms with Crippen molar-refractivity contribution in [1.82, 2.24) is 4.57 Å². The summed E-state index contributed by atoms with van der Waals surface area (Å²) >= 11 is 0. The van der Waals surface area contributed by atoms with Crippen LogP contribution in [0.25, 0.3) is 83.1 Å². The van der Waals surface area contributed by atoms with E-state index < -0.39 is 10.8 Å². The first-order chi connectivity index (χ1) is 37.7. The Kier molecular flexibility index (Phi) is 8.44. The van der Waals surface area contributed by atoms with Gasteiger partial charge in [-0.05, 0) is 155 Å². The van der Waals surface area contributed by atoms with Crippen LogP contribution in [-0.4, -0.2) is 4.57 Å². The maximum absolute atomic E-state index is 2.53. The summed E-state index contributed by atoms with van der Waals surface area (Å²) in [7, 11) is 0. The largest absolute Gasteiger partial charge is 0.310 e. The molecule has 17 rings (SSSR count). The first-order valence-corrected chi connectivity index (χ1v) is 26.6. The van der Waals surface area contributed by atoms with Crippen molar-refractivity contribution in [2.45, 2.75) is 10.8 Å². The lowest BCUT2D eigenvalue weighted by molar-refractivity contribution is 0.749. The number of fused-ring (bicyclic) bond motifs is 22. The zero-order valence-corrected chi connectivity index (χ0v) is 41.5. The molecule has 3 aliphatic carbocycles. The third-order valence-corrected chi connectivity index (χ3v) is 17.6. The lowest BCUT2D eigenvalue weighted by atomic mass is 9.65. The van der Waals surface area contributed by atoms with Gasteiger partial charge < -0.3 is 9.47 Å². The van der Waals surface area contributed by atoms with Crippen LogP contribution >= 0.6 is 0 Å². The van der Waals surface area contributed by atoms with Crippen molar-refractivity contribution in [1.29, 1.82) is 0 Å². The molecule has 1 aromatic heterocycles. The molecule has 352 valence electrons. The van der Waals surface area contributed by atoms with Crippen molar-refractivity contribution in [2.75, 3.05) is 4.90 Å². The molecule has 0 radical (unpaired) electrons. The molecular formula is C74H46N2. The fourth-order valence-corrected chi connectivity index (χ4v) is 14.7. The van der Waals surface area contributed by atoms with Crippen molar-refractivity contribution in [2.24, 2.45) is 0 Å². The molecule has 13 aromatic rings. The van der Waals surface area contributed by atoms with Crippen LogP contribution in [-0.2, 0) is 10.8 Å². The summed E-state index contributed by atoms with van der Waals surface area (Å²) < 4.78 is 2.53. The first-order valence-electron chi connectivity index (χ1n) is 26.6. The van der Waals surface area contributed by atoms with Crippen LogP contribution in [0.4, 0.5) is 17.1 Å². The molecule has 1 atom stereocenters. The minimum Gasteiger partial charge on any atom is -0.310 e. The zero-order chi connectivity index (χ0) is 49.7. The van der Waals surface area contributed by atoms with Gasteiger partial charge >= 0.3 is 0 Å². The summed E-state index contributed by atoms with van der Waals surface area (Å²) in [4.78, 5) is 2.48. The van der Waals surface area contributed by atoms with Gasteiger partial charge in [0, 0.05) is 27.8 Å². The van der Waals surface area contributed by atoms with Crippen LogP contribution < -0.4 is 4.90 Å². The smallest absolute Gasteiger partial charge is 0.0754 e. The third-order valence-electron chi connectivity index (χ3n) is 17.6. The number of para-hydroxylation sites is 3. The lowest BCUT2D eigenvalue weighted by Crippen LogP contribution is -2.33. The molecular weight excluding hydrogens is 917 g/mol. The Labute approximate surface area is 441 Å². The summed E-state index contributed by atoms with van der Waals surface area (Å²) in [5.74, 6) is 0. The first kappa shape index (κ1) is 41.7. The van der Waals surface area contributed by atoms with Crippen LogP contribution in [0.2, 0.25) is 0 Å². The Bertz CT molecular complexity index is 4530. The molecule has 0 fully saturated rings. The molecule has 2 heterocycles. The summed E-state index contributed by atoms with van der Waals surface area (Å²) in [5, 5.41) is 2.57. The molecule has 76 heavy (non-hydrogen) atoms. The highest BCUT2D eigenvalue weighted by Crippen LogP contribution is 2.64. The fourth-order valence-electron chi connectivity index (χ4n) is 14.7. The van der Waals surface area contributed by atoms with Gasteiger partial charge in [0.2, 0.25) is 0 Å².